The number of morpholine rings is 1. The summed E-state index contributed by atoms with van der Waals surface area (Å²) in [4.78, 5) is 14.5. The van der Waals surface area contributed by atoms with Crippen LogP contribution in [0.1, 0.15) is 44.3 Å². The number of aryl methyl sites for hydroxylation is 1. The molecule has 0 radical (unpaired) electrons. The first-order chi connectivity index (χ1) is 14.5. The number of hydrogen-bond acceptors (Lipinski definition) is 6. The van der Waals surface area contributed by atoms with E-state index in [0.717, 1.165) is 76.5 Å². The van der Waals surface area contributed by atoms with E-state index in [1.54, 1.807) is 11.3 Å². The van der Waals surface area contributed by atoms with E-state index >= 15 is 0 Å². The molecule has 9 heteroatoms. The van der Waals surface area contributed by atoms with Gasteiger partial charge in [0.15, 0.2) is 5.96 Å². The van der Waals surface area contributed by atoms with E-state index in [1.807, 2.05) is 0 Å². The molecule has 7 nitrogen and oxygen atoms in total. The van der Waals surface area contributed by atoms with Crippen LogP contribution in [0.5, 0.6) is 0 Å². The van der Waals surface area contributed by atoms with E-state index in [0.29, 0.717) is 5.92 Å². The number of likely N-dealkylation sites (tertiary alicyclic amines) is 1. The van der Waals surface area contributed by atoms with Crippen molar-refractivity contribution in [1.29, 1.82) is 0 Å². The third-order valence-corrected chi connectivity index (χ3v) is 6.98. The van der Waals surface area contributed by atoms with Gasteiger partial charge in [0.2, 0.25) is 0 Å². The molecule has 2 fully saturated rings. The van der Waals surface area contributed by atoms with Crippen molar-refractivity contribution in [2.24, 2.45) is 10.9 Å². The molecule has 0 atom stereocenters. The predicted molar refractivity (Wildman–Crippen MR) is 141 cm³/mol. The number of nitrogens with one attached hydrogen (secondary N) is 2. The summed E-state index contributed by atoms with van der Waals surface area (Å²) in [5.74, 6) is 1.65. The molecule has 31 heavy (non-hydrogen) atoms. The monoisotopic (exact) mass is 564 g/mol. The number of piperidine rings is 1. The Morgan fingerprint density at radius 3 is 2.55 bits per heavy atom. The molecule has 1 aromatic heterocycles. The lowest BCUT2D eigenvalue weighted by molar-refractivity contribution is -0.00684. The minimum Gasteiger partial charge on any atom is -0.379 e. The second-order valence-electron chi connectivity index (χ2n) is 9.07. The lowest BCUT2D eigenvalue weighted by atomic mass is 9.97. The third kappa shape index (κ3) is 8.75. The Labute approximate surface area is 209 Å². The SMILES string of the molecule is CCNC(=NCC(C)(C)N1CCOCC1)NCC1CCN(Cc2csc(C)n2)CC1.I. The maximum absolute atomic E-state index is 5.50. The molecule has 0 aromatic carbocycles. The fraction of sp³-hybridized carbons (Fsp3) is 0.818. The number of guanidine groups is 1. The number of thiazole rings is 1. The summed E-state index contributed by atoms with van der Waals surface area (Å²) < 4.78 is 5.50. The molecule has 0 unspecified atom stereocenters. The summed E-state index contributed by atoms with van der Waals surface area (Å²) in [5.41, 5.74) is 1.27. The number of aliphatic imine (C=N–C) groups is 1. The van der Waals surface area contributed by atoms with Crippen molar-refractivity contribution < 1.29 is 4.74 Å². The molecule has 3 rings (SSSR count). The lowest BCUT2D eigenvalue weighted by Gasteiger charge is -2.40. The molecule has 0 saturated carbocycles. The minimum atomic E-state index is 0. The van der Waals surface area contributed by atoms with Crippen LogP contribution in [-0.2, 0) is 11.3 Å². The Morgan fingerprint density at radius 2 is 1.94 bits per heavy atom. The summed E-state index contributed by atoms with van der Waals surface area (Å²) in [6, 6.07) is 0. The number of halogens is 1. The van der Waals surface area contributed by atoms with Crippen LogP contribution in [0.2, 0.25) is 0 Å². The zero-order chi connectivity index (χ0) is 21.4. The van der Waals surface area contributed by atoms with Gasteiger partial charge in [-0.15, -0.1) is 35.3 Å². The van der Waals surface area contributed by atoms with Gasteiger partial charge in [0.25, 0.3) is 0 Å². The molecule has 0 amide bonds. The van der Waals surface area contributed by atoms with E-state index in [9.17, 15) is 0 Å². The van der Waals surface area contributed by atoms with Crippen molar-refractivity contribution in [3.8, 4) is 0 Å². The van der Waals surface area contributed by atoms with Crippen LogP contribution in [0.15, 0.2) is 10.4 Å². The van der Waals surface area contributed by atoms with Crippen molar-refractivity contribution in [2.75, 3.05) is 59.0 Å². The van der Waals surface area contributed by atoms with Crippen molar-refractivity contribution >= 4 is 41.3 Å². The first-order valence-electron chi connectivity index (χ1n) is 11.4. The maximum Gasteiger partial charge on any atom is 0.191 e. The largest absolute Gasteiger partial charge is 0.379 e. The van der Waals surface area contributed by atoms with Crippen molar-refractivity contribution in [1.82, 2.24) is 25.4 Å². The molecule has 0 aliphatic carbocycles. The molecule has 2 N–H and O–H groups in total. The van der Waals surface area contributed by atoms with Gasteiger partial charge in [-0.05, 0) is 59.5 Å². The molecule has 1 aromatic rings. The van der Waals surface area contributed by atoms with Crippen molar-refractivity contribution in [2.45, 2.75) is 52.6 Å². The highest BCUT2D eigenvalue weighted by Crippen LogP contribution is 2.20. The highest BCUT2D eigenvalue weighted by atomic mass is 127. The van der Waals surface area contributed by atoms with Gasteiger partial charge in [-0.1, -0.05) is 0 Å². The topological polar surface area (TPSA) is 65.0 Å². The molecule has 2 aliphatic rings. The molecule has 0 spiro atoms. The number of ether oxygens (including phenoxy) is 1. The van der Waals surface area contributed by atoms with Gasteiger partial charge in [-0.2, -0.15) is 0 Å². The van der Waals surface area contributed by atoms with Gasteiger partial charge in [-0.3, -0.25) is 14.8 Å². The number of aromatic nitrogens is 1. The Kier molecular flexibility index (Phi) is 11.5. The molecule has 2 saturated heterocycles. The van der Waals surface area contributed by atoms with E-state index in [-0.39, 0.29) is 29.5 Å². The summed E-state index contributed by atoms with van der Waals surface area (Å²) in [7, 11) is 0. The van der Waals surface area contributed by atoms with Crippen molar-refractivity contribution in [3.63, 3.8) is 0 Å². The quantitative estimate of drug-likeness (QED) is 0.288. The fourth-order valence-corrected chi connectivity index (χ4v) is 4.79. The normalized spacial score (nSPS) is 19.8. The summed E-state index contributed by atoms with van der Waals surface area (Å²) >= 11 is 1.75. The van der Waals surface area contributed by atoms with E-state index in [2.05, 4.69) is 58.5 Å². The molecule has 2 aliphatic heterocycles. The van der Waals surface area contributed by atoms with Gasteiger partial charge in [0.05, 0.1) is 30.5 Å². The molecular weight excluding hydrogens is 523 g/mol. The van der Waals surface area contributed by atoms with Crippen LogP contribution in [0, 0.1) is 12.8 Å². The first kappa shape index (κ1) is 26.8. The van der Waals surface area contributed by atoms with Crippen LogP contribution in [0.3, 0.4) is 0 Å². The lowest BCUT2D eigenvalue weighted by Crippen LogP contribution is -2.52. The van der Waals surface area contributed by atoms with Gasteiger partial charge in [0.1, 0.15) is 0 Å². The second kappa shape index (κ2) is 13.3. The smallest absolute Gasteiger partial charge is 0.191 e. The highest BCUT2D eigenvalue weighted by molar-refractivity contribution is 14.0. The van der Waals surface area contributed by atoms with Gasteiger partial charge >= 0.3 is 0 Å². The predicted octanol–water partition coefficient (Wildman–Crippen LogP) is 2.95. The van der Waals surface area contributed by atoms with Gasteiger partial charge < -0.3 is 15.4 Å². The Bertz CT molecular complexity index is 669. The van der Waals surface area contributed by atoms with E-state index in [1.165, 1.54) is 18.5 Å². The first-order valence-corrected chi connectivity index (χ1v) is 12.3. The molecule has 0 bridgehead atoms. The zero-order valence-electron chi connectivity index (χ0n) is 19.7. The summed E-state index contributed by atoms with van der Waals surface area (Å²) in [6.45, 7) is 18.4. The molecular formula is C22H41IN6OS. The van der Waals surface area contributed by atoms with Crippen LogP contribution in [0.25, 0.3) is 0 Å². The highest BCUT2D eigenvalue weighted by Gasteiger charge is 2.28. The third-order valence-electron chi connectivity index (χ3n) is 6.15. The summed E-state index contributed by atoms with van der Waals surface area (Å²) in [5, 5.41) is 10.4. The number of nitrogens with zero attached hydrogens (tertiary/aromatic N) is 4. The Balaban J connectivity index is 0.00000341. The fourth-order valence-electron chi connectivity index (χ4n) is 4.18. The van der Waals surface area contributed by atoms with Crippen LogP contribution in [-0.4, -0.2) is 85.3 Å². The van der Waals surface area contributed by atoms with Gasteiger partial charge in [-0.25, -0.2) is 4.98 Å². The Hall–Kier alpha value is -0.490. The van der Waals surface area contributed by atoms with E-state index in [4.69, 9.17) is 9.73 Å². The molecule has 3 heterocycles. The van der Waals surface area contributed by atoms with Crippen LogP contribution in [0.4, 0.5) is 0 Å². The van der Waals surface area contributed by atoms with E-state index < -0.39 is 0 Å². The molecule has 178 valence electrons. The van der Waals surface area contributed by atoms with Crippen LogP contribution < -0.4 is 10.6 Å². The van der Waals surface area contributed by atoms with Crippen LogP contribution >= 0.6 is 35.3 Å². The van der Waals surface area contributed by atoms with Crippen molar-refractivity contribution in [3.05, 3.63) is 16.1 Å². The number of rotatable bonds is 8. The maximum atomic E-state index is 5.50. The zero-order valence-corrected chi connectivity index (χ0v) is 22.8. The number of hydrogen-bond donors (Lipinski definition) is 2. The average Bonchev–Trinajstić information content (AvgIpc) is 3.16. The standard InChI is InChI=1S/C22H40N6OS.HI/c1-5-23-21(25-17-22(3,4)28-10-12-29-13-11-28)24-14-19-6-8-27(9-7-19)15-20-16-30-18(2)26-20;/h16,19H,5-15,17H2,1-4H3,(H2,23,24,25);1H. The average molecular weight is 565 g/mol. The van der Waals surface area contributed by atoms with Gasteiger partial charge in [0, 0.05) is 43.6 Å². The second-order valence-corrected chi connectivity index (χ2v) is 10.1. The Morgan fingerprint density at radius 1 is 1.23 bits per heavy atom. The minimum absolute atomic E-state index is 0. The summed E-state index contributed by atoms with van der Waals surface area (Å²) in [6.07, 6.45) is 2.46.